The number of aromatic nitrogens is 1. The van der Waals surface area contributed by atoms with Gasteiger partial charge in [0.15, 0.2) is 11.5 Å². The van der Waals surface area contributed by atoms with Crippen LogP contribution in [0.3, 0.4) is 0 Å². The van der Waals surface area contributed by atoms with Crippen LogP contribution in [0.4, 0.5) is 0 Å². The first-order chi connectivity index (χ1) is 6.31. The fraction of sp³-hybridized carbons (Fsp3) is 0.143. The third kappa shape index (κ3) is 1.27. The largest absolute Gasteiger partial charge is 0.453 e. The van der Waals surface area contributed by atoms with Crippen molar-refractivity contribution < 1.29 is 14.3 Å². The fourth-order valence-corrected chi connectivity index (χ4v) is 1.00. The van der Waals surface area contributed by atoms with Crippen LogP contribution in [0, 0.1) is 0 Å². The normalized spacial score (nSPS) is 12.7. The van der Waals surface area contributed by atoms with E-state index in [1.165, 1.54) is 12.3 Å². The fourth-order valence-electron chi connectivity index (χ4n) is 1.00. The molecule has 68 valence electrons. The Morgan fingerprint density at radius 3 is 3.08 bits per heavy atom. The molecule has 0 saturated carbocycles. The molecule has 0 unspecified atom stereocenters. The van der Waals surface area contributed by atoms with E-state index >= 15 is 0 Å². The molecule has 0 spiro atoms. The van der Waals surface area contributed by atoms with E-state index in [0.29, 0.717) is 11.5 Å². The molecule has 6 nitrogen and oxygen atoms in total. The lowest BCUT2D eigenvalue weighted by Gasteiger charge is -1.99. The van der Waals surface area contributed by atoms with Crippen molar-refractivity contribution in [2.45, 2.75) is 0 Å². The van der Waals surface area contributed by atoms with E-state index in [9.17, 15) is 4.79 Å². The van der Waals surface area contributed by atoms with Gasteiger partial charge in [-0.1, -0.05) is 0 Å². The van der Waals surface area contributed by atoms with E-state index < -0.39 is 5.91 Å². The Morgan fingerprint density at radius 2 is 2.31 bits per heavy atom. The van der Waals surface area contributed by atoms with Crippen LogP contribution in [-0.4, -0.2) is 17.7 Å². The summed E-state index contributed by atoms with van der Waals surface area (Å²) in [7, 11) is 0. The van der Waals surface area contributed by atoms with E-state index in [2.05, 4.69) is 4.98 Å². The molecule has 13 heavy (non-hydrogen) atoms. The quantitative estimate of drug-likeness (QED) is 0.343. The summed E-state index contributed by atoms with van der Waals surface area (Å²) in [6.45, 7) is 0.157. The van der Waals surface area contributed by atoms with Gasteiger partial charge in [-0.15, -0.1) is 0 Å². The van der Waals surface area contributed by atoms with Gasteiger partial charge >= 0.3 is 0 Å². The standard InChI is InChI=1S/C7H7N3O3/c8-10-7(11)4-1-5-6(2-9-4)13-3-12-5/h1-2H,3,8H2,(H,10,11). The molecule has 0 aliphatic carbocycles. The Kier molecular flexibility index (Phi) is 1.75. The maximum atomic E-state index is 11.0. The van der Waals surface area contributed by atoms with Crippen molar-refractivity contribution in [2.75, 3.05) is 6.79 Å². The molecule has 0 fully saturated rings. The van der Waals surface area contributed by atoms with E-state index in [-0.39, 0.29) is 12.5 Å². The lowest BCUT2D eigenvalue weighted by atomic mass is 10.3. The van der Waals surface area contributed by atoms with Gasteiger partial charge in [0.1, 0.15) is 5.69 Å². The van der Waals surface area contributed by atoms with E-state index in [0.717, 1.165) is 0 Å². The Morgan fingerprint density at radius 1 is 1.54 bits per heavy atom. The predicted molar refractivity (Wildman–Crippen MR) is 42.0 cm³/mol. The summed E-state index contributed by atoms with van der Waals surface area (Å²) in [6, 6.07) is 1.48. The maximum Gasteiger partial charge on any atom is 0.283 e. The average molecular weight is 181 g/mol. The first kappa shape index (κ1) is 7.81. The van der Waals surface area contributed by atoms with Gasteiger partial charge < -0.3 is 9.47 Å². The van der Waals surface area contributed by atoms with Gasteiger partial charge in [-0.25, -0.2) is 10.8 Å². The zero-order valence-corrected chi connectivity index (χ0v) is 6.61. The summed E-state index contributed by atoms with van der Waals surface area (Å²) in [4.78, 5) is 14.8. The van der Waals surface area contributed by atoms with Crippen LogP contribution in [0.1, 0.15) is 10.5 Å². The topological polar surface area (TPSA) is 86.5 Å². The van der Waals surface area contributed by atoms with Crippen molar-refractivity contribution in [1.82, 2.24) is 10.4 Å². The summed E-state index contributed by atoms with van der Waals surface area (Å²) in [5, 5.41) is 0. The number of fused-ring (bicyclic) bond motifs is 1. The highest BCUT2D eigenvalue weighted by atomic mass is 16.7. The minimum Gasteiger partial charge on any atom is -0.453 e. The van der Waals surface area contributed by atoms with Crippen LogP contribution in [0.5, 0.6) is 11.5 Å². The Labute approximate surface area is 73.6 Å². The monoisotopic (exact) mass is 181 g/mol. The number of rotatable bonds is 1. The number of amides is 1. The molecule has 0 saturated heterocycles. The number of pyridine rings is 1. The molecule has 1 aliphatic heterocycles. The number of nitrogen functional groups attached to an aromatic ring is 1. The number of carbonyl (C=O) groups is 1. The maximum absolute atomic E-state index is 11.0. The van der Waals surface area contributed by atoms with E-state index in [1.807, 2.05) is 5.43 Å². The van der Waals surface area contributed by atoms with Crippen molar-refractivity contribution in [2.24, 2.45) is 5.84 Å². The molecule has 0 bridgehead atoms. The average Bonchev–Trinajstić information content (AvgIpc) is 2.63. The molecule has 0 atom stereocenters. The molecule has 1 amide bonds. The second-order valence-electron chi connectivity index (χ2n) is 2.40. The lowest BCUT2D eigenvalue weighted by Crippen LogP contribution is -2.30. The minimum atomic E-state index is -0.460. The molecular formula is C7H7N3O3. The van der Waals surface area contributed by atoms with Gasteiger partial charge in [-0.2, -0.15) is 0 Å². The molecule has 1 aromatic rings. The number of nitrogens with zero attached hydrogens (tertiary/aromatic N) is 1. The second kappa shape index (κ2) is 2.91. The molecular weight excluding hydrogens is 174 g/mol. The highest BCUT2D eigenvalue weighted by molar-refractivity contribution is 5.92. The Bertz CT molecular complexity index is 353. The van der Waals surface area contributed by atoms with Crippen LogP contribution >= 0.6 is 0 Å². The number of hydrazine groups is 1. The smallest absolute Gasteiger partial charge is 0.283 e. The van der Waals surface area contributed by atoms with Gasteiger partial charge in [0.25, 0.3) is 5.91 Å². The lowest BCUT2D eigenvalue weighted by molar-refractivity contribution is 0.0948. The second-order valence-corrected chi connectivity index (χ2v) is 2.40. The van der Waals surface area contributed by atoms with Gasteiger partial charge in [0.2, 0.25) is 6.79 Å². The summed E-state index contributed by atoms with van der Waals surface area (Å²) in [5.74, 6) is 5.52. The molecule has 0 aromatic carbocycles. The van der Waals surface area contributed by atoms with Crippen molar-refractivity contribution in [3.63, 3.8) is 0 Å². The number of carbonyl (C=O) groups excluding carboxylic acids is 1. The van der Waals surface area contributed by atoms with Crippen molar-refractivity contribution in [3.8, 4) is 11.5 Å². The summed E-state index contributed by atoms with van der Waals surface area (Å²) < 4.78 is 10.1. The van der Waals surface area contributed by atoms with Gasteiger partial charge in [-0.3, -0.25) is 10.2 Å². The van der Waals surface area contributed by atoms with E-state index in [4.69, 9.17) is 15.3 Å². The minimum absolute atomic E-state index is 0.157. The van der Waals surface area contributed by atoms with Crippen molar-refractivity contribution in [3.05, 3.63) is 18.0 Å². The third-order valence-corrected chi connectivity index (χ3v) is 1.62. The van der Waals surface area contributed by atoms with E-state index in [1.54, 1.807) is 0 Å². The van der Waals surface area contributed by atoms with Crippen LogP contribution in [0.15, 0.2) is 12.3 Å². The summed E-state index contributed by atoms with van der Waals surface area (Å²) in [5.41, 5.74) is 2.18. The highest BCUT2D eigenvalue weighted by Crippen LogP contribution is 2.30. The SMILES string of the molecule is NNC(=O)c1cc2c(cn1)OCO2. The molecule has 1 aromatic heterocycles. The molecule has 1 aliphatic rings. The van der Waals surface area contributed by atoms with Crippen molar-refractivity contribution >= 4 is 5.91 Å². The Hall–Kier alpha value is -1.82. The zero-order valence-electron chi connectivity index (χ0n) is 6.61. The molecule has 2 heterocycles. The van der Waals surface area contributed by atoms with Gasteiger partial charge in [0.05, 0.1) is 6.20 Å². The molecule has 3 N–H and O–H groups in total. The molecule has 6 heteroatoms. The number of hydrogen-bond acceptors (Lipinski definition) is 5. The van der Waals surface area contributed by atoms with Gasteiger partial charge in [-0.05, 0) is 0 Å². The summed E-state index contributed by atoms with van der Waals surface area (Å²) in [6.07, 6.45) is 1.42. The Balaban J connectivity index is 2.36. The van der Waals surface area contributed by atoms with Crippen molar-refractivity contribution in [1.29, 1.82) is 0 Å². The van der Waals surface area contributed by atoms with Crippen LogP contribution < -0.4 is 20.7 Å². The van der Waals surface area contributed by atoms with Crippen LogP contribution in [0.2, 0.25) is 0 Å². The number of nitrogens with two attached hydrogens (primary N) is 1. The summed E-state index contributed by atoms with van der Waals surface area (Å²) >= 11 is 0. The first-order valence-electron chi connectivity index (χ1n) is 3.58. The molecule has 0 radical (unpaired) electrons. The van der Waals surface area contributed by atoms with Crippen LogP contribution in [0.25, 0.3) is 0 Å². The predicted octanol–water partition coefficient (Wildman–Crippen LogP) is -0.586. The number of nitrogens with one attached hydrogen (secondary N) is 1. The molecule has 2 rings (SSSR count). The number of ether oxygens (including phenoxy) is 2. The van der Waals surface area contributed by atoms with Crippen LogP contribution in [-0.2, 0) is 0 Å². The van der Waals surface area contributed by atoms with Gasteiger partial charge in [0, 0.05) is 6.07 Å². The highest BCUT2D eigenvalue weighted by Gasteiger charge is 2.16. The first-order valence-corrected chi connectivity index (χ1v) is 3.58. The number of hydrogen-bond donors (Lipinski definition) is 2. The zero-order chi connectivity index (χ0) is 9.26. The third-order valence-electron chi connectivity index (χ3n) is 1.62.